The van der Waals surface area contributed by atoms with Crippen molar-refractivity contribution in [2.75, 3.05) is 7.05 Å². The summed E-state index contributed by atoms with van der Waals surface area (Å²) in [5.41, 5.74) is 3.14. The molecular weight excluding hydrogens is 422 g/mol. The first-order chi connectivity index (χ1) is 15.0. The maximum absolute atomic E-state index is 13.0. The number of carbonyl (C=O) groups excluding carboxylic acids is 1. The first-order valence-electron chi connectivity index (χ1n) is 11.1. The molecule has 2 rings (SSSR count). The largest absolute Gasteiger partial charge is 0.351 e. The minimum absolute atomic E-state index is 0.151. The van der Waals surface area contributed by atoms with Crippen molar-refractivity contribution >= 4 is 15.9 Å². The molecule has 176 valence electrons. The van der Waals surface area contributed by atoms with Crippen LogP contribution in [0.1, 0.15) is 50.8 Å². The second kappa shape index (κ2) is 11.6. The molecular formula is C25H37N3O3S. The lowest BCUT2D eigenvalue weighted by atomic mass is 10.0. The summed E-state index contributed by atoms with van der Waals surface area (Å²) in [5, 5.41) is 2.95. The molecule has 0 spiro atoms. The number of amides is 1. The molecule has 0 saturated heterocycles. The minimum atomic E-state index is -3.80. The summed E-state index contributed by atoms with van der Waals surface area (Å²) in [6, 6.07) is 14.2. The van der Waals surface area contributed by atoms with Crippen LogP contribution >= 0.6 is 0 Å². The molecule has 1 atom stereocenters. The van der Waals surface area contributed by atoms with Crippen LogP contribution in [0.4, 0.5) is 0 Å². The third kappa shape index (κ3) is 7.73. The Balaban J connectivity index is 2.13. The highest BCUT2D eigenvalue weighted by atomic mass is 32.2. The van der Waals surface area contributed by atoms with Gasteiger partial charge in [0.05, 0.1) is 4.90 Å². The van der Waals surface area contributed by atoms with E-state index in [1.165, 1.54) is 0 Å². The van der Waals surface area contributed by atoms with Gasteiger partial charge in [-0.1, -0.05) is 55.8 Å². The van der Waals surface area contributed by atoms with Crippen LogP contribution in [0.5, 0.6) is 0 Å². The maximum Gasteiger partial charge on any atom is 0.241 e. The summed E-state index contributed by atoms with van der Waals surface area (Å²) in [4.78, 5) is 15.4. The lowest BCUT2D eigenvalue weighted by molar-refractivity contribution is -0.123. The summed E-state index contributed by atoms with van der Waals surface area (Å²) in [5.74, 6) is -0.167. The summed E-state index contributed by atoms with van der Waals surface area (Å²) in [6.45, 7) is 11.2. The third-order valence-corrected chi connectivity index (χ3v) is 7.01. The van der Waals surface area contributed by atoms with Crippen LogP contribution in [0.15, 0.2) is 53.4 Å². The second-order valence-corrected chi connectivity index (χ2v) is 10.8. The molecule has 0 radical (unpaired) electrons. The van der Waals surface area contributed by atoms with Crippen LogP contribution in [0, 0.1) is 12.8 Å². The standard InChI is InChI=1S/C25H37N3O3S/c1-18(2)15-24(27-32(30,31)23-13-11-20(5)12-14-23)25(29)26-16-21-9-7-8-10-22(21)17-28(6)19(3)4/h7-14,18-19,24,27H,15-17H2,1-6H3,(H,26,29). The van der Waals surface area contributed by atoms with Crippen molar-refractivity contribution < 1.29 is 13.2 Å². The van der Waals surface area contributed by atoms with Crippen molar-refractivity contribution in [2.45, 2.75) is 71.1 Å². The first-order valence-corrected chi connectivity index (χ1v) is 12.6. The molecule has 6 nitrogen and oxygen atoms in total. The van der Waals surface area contributed by atoms with Gasteiger partial charge < -0.3 is 5.32 Å². The third-order valence-electron chi connectivity index (χ3n) is 5.53. The summed E-state index contributed by atoms with van der Waals surface area (Å²) in [7, 11) is -1.73. The SMILES string of the molecule is Cc1ccc(S(=O)(=O)NC(CC(C)C)C(=O)NCc2ccccc2CN(C)C(C)C)cc1. The van der Waals surface area contributed by atoms with Crippen LogP contribution in [-0.4, -0.2) is 38.4 Å². The highest BCUT2D eigenvalue weighted by Gasteiger charge is 2.26. The molecule has 0 aliphatic rings. The molecule has 7 heteroatoms. The van der Waals surface area contributed by atoms with E-state index < -0.39 is 16.1 Å². The second-order valence-electron chi connectivity index (χ2n) is 9.11. The Hall–Kier alpha value is -2.22. The van der Waals surface area contributed by atoms with Gasteiger partial charge in [-0.2, -0.15) is 4.72 Å². The molecule has 32 heavy (non-hydrogen) atoms. The smallest absolute Gasteiger partial charge is 0.241 e. The molecule has 1 amide bonds. The van der Waals surface area contributed by atoms with Gasteiger partial charge in [-0.05, 0) is 63.4 Å². The van der Waals surface area contributed by atoms with Crippen LogP contribution in [0.25, 0.3) is 0 Å². The van der Waals surface area contributed by atoms with E-state index in [9.17, 15) is 13.2 Å². The highest BCUT2D eigenvalue weighted by molar-refractivity contribution is 7.89. The molecule has 0 bridgehead atoms. The molecule has 0 aliphatic heterocycles. The molecule has 0 fully saturated rings. The zero-order valence-corrected chi connectivity index (χ0v) is 20.9. The van der Waals surface area contributed by atoms with E-state index in [2.05, 4.69) is 41.9 Å². The lowest BCUT2D eigenvalue weighted by Gasteiger charge is -2.23. The molecule has 2 aromatic carbocycles. The Morgan fingerprint density at radius 3 is 2.12 bits per heavy atom. The average molecular weight is 460 g/mol. The molecule has 0 aromatic heterocycles. The molecule has 0 saturated carbocycles. The fourth-order valence-corrected chi connectivity index (χ4v) is 4.50. The van der Waals surface area contributed by atoms with E-state index in [4.69, 9.17) is 0 Å². The molecule has 1 unspecified atom stereocenters. The zero-order valence-electron chi connectivity index (χ0n) is 20.1. The first kappa shape index (κ1) is 26.0. The Bertz CT molecular complexity index is 986. The quantitative estimate of drug-likeness (QED) is 0.535. The van der Waals surface area contributed by atoms with Crippen molar-refractivity contribution in [1.82, 2.24) is 14.9 Å². The molecule has 0 heterocycles. The number of hydrogen-bond acceptors (Lipinski definition) is 4. The maximum atomic E-state index is 13.0. The number of rotatable bonds is 11. The number of sulfonamides is 1. The fraction of sp³-hybridized carbons (Fsp3) is 0.480. The summed E-state index contributed by atoms with van der Waals surface area (Å²) < 4.78 is 28.3. The predicted molar refractivity (Wildman–Crippen MR) is 130 cm³/mol. The van der Waals surface area contributed by atoms with Crippen LogP contribution in [0.3, 0.4) is 0 Å². The van der Waals surface area contributed by atoms with Gasteiger partial charge in [0.15, 0.2) is 0 Å². The minimum Gasteiger partial charge on any atom is -0.351 e. The van der Waals surface area contributed by atoms with Gasteiger partial charge in [0.1, 0.15) is 6.04 Å². The van der Waals surface area contributed by atoms with E-state index in [1.807, 2.05) is 39.0 Å². The predicted octanol–water partition coefficient (Wildman–Crippen LogP) is 3.84. The Kier molecular flexibility index (Phi) is 9.43. The lowest BCUT2D eigenvalue weighted by Crippen LogP contribution is -2.47. The Labute approximate surface area is 193 Å². The average Bonchev–Trinajstić information content (AvgIpc) is 2.72. The molecule has 2 N–H and O–H groups in total. The Morgan fingerprint density at radius 1 is 0.969 bits per heavy atom. The van der Waals surface area contributed by atoms with Crippen molar-refractivity contribution in [2.24, 2.45) is 5.92 Å². The Morgan fingerprint density at radius 2 is 1.56 bits per heavy atom. The van der Waals surface area contributed by atoms with Crippen molar-refractivity contribution in [1.29, 1.82) is 0 Å². The van der Waals surface area contributed by atoms with Gasteiger partial charge in [0.25, 0.3) is 0 Å². The topological polar surface area (TPSA) is 78.5 Å². The summed E-state index contributed by atoms with van der Waals surface area (Å²) in [6.07, 6.45) is 0.411. The monoisotopic (exact) mass is 459 g/mol. The van der Waals surface area contributed by atoms with Gasteiger partial charge in [0, 0.05) is 19.1 Å². The highest BCUT2D eigenvalue weighted by Crippen LogP contribution is 2.15. The number of carbonyl (C=O) groups is 1. The van der Waals surface area contributed by atoms with Gasteiger partial charge in [-0.25, -0.2) is 8.42 Å². The number of hydrogen-bond donors (Lipinski definition) is 2. The van der Waals surface area contributed by atoms with E-state index in [1.54, 1.807) is 24.3 Å². The zero-order chi connectivity index (χ0) is 23.9. The molecule has 0 aliphatic carbocycles. The van der Waals surface area contributed by atoms with Gasteiger partial charge in [0.2, 0.25) is 15.9 Å². The van der Waals surface area contributed by atoms with Crippen molar-refractivity contribution in [3.8, 4) is 0 Å². The van der Waals surface area contributed by atoms with E-state index in [0.717, 1.165) is 23.2 Å². The van der Waals surface area contributed by atoms with E-state index >= 15 is 0 Å². The van der Waals surface area contributed by atoms with Gasteiger partial charge in [-0.3, -0.25) is 9.69 Å². The normalized spacial score (nSPS) is 13.0. The molecule has 2 aromatic rings. The van der Waals surface area contributed by atoms with E-state index in [-0.39, 0.29) is 16.7 Å². The van der Waals surface area contributed by atoms with Crippen LogP contribution < -0.4 is 10.0 Å². The van der Waals surface area contributed by atoms with Gasteiger partial charge >= 0.3 is 0 Å². The number of nitrogens with zero attached hydrogens (tertiary/aromatic N) is 1. The van der Waals surface area contributed by atoms with E-state index in [0.29, 0.717) is 19.0 Å². The summed E-state index contributed by atoms with van der Waals surface area (Å²) >= 11 is 0. The number of benzene rings is 2. The van der Waals surface area contributed by atoms with Crippen molar-refractivity contribution in [3.05, 3.63) is 65.2 Å². The fourth-order valence-electron chi connectivity index (χ4n) is 3.29. The van der Waals surface area contributed by atoms with Crippen molar-refractivity contribution in [3.63, 3.8) is 0 Å². The van der Waals surface area contributed by atoms with Crippen LogP contribution in [-0.2, 0) is 27.9 Å². The number of nitrogens with one attached hydrogen (secondary N) is 2. The number of aryl methyl sites for hydroxylation is 1. The van der Waals surface area contributed by atoms with Gasteiger partial charge in [-0.15, -0.1) is 0 Å². The van der Waals surface area contributed by atoms with Crippen LogP contribution in [0.2, 0.25) is 0 Å².